The molecule has 0 aromatic heterocycles. The summed E-state index contributed by atoms with van der Waals surface area (Å²) >= 11 is 0. The van der Waals surface area contributed by atoms with Crippen LogP contribution >= 0.6 is 0 Å². The van der Waals surface area contributed by atoms with Gasteiger partial charge in [0.1, 0.15) is 5.75 Å². The first-order valence-corrected chi connectivity index (χ1v) is 11.2. The highest BCUT2D eigenvalue weighted by atomic mass is 16.5. The number of ether oxygens (including phenoxy) is 1. The fourth-order valence-corrected chi connectivity index (χ4v) is 4.31. The molecule has 0 atom stereocenters. The average molecular weight is 440 g/mol. The number of nitrogens with zero attached hydrogens (tertiary/aromatic N) is 1. The van der Waals surface area contributed by atoms with Gasteiger partial charge in [-0.25, -0.2) is 0 Å². The minimum absolute atomic E-state index is 0.102. The number of hydrogen-bond donors (Lipinski definition) is 1. The van der Waals surface area contributed by atoms with Crippen LogP contribution < -0.4 is 10.1 Å². The molecule has 0 unspecified atom stereocenters. The maximum absolute atomic E-state index is 12.4. The van der Waals surface area contributed by atoms with Gasteiger partial charge in [0.05, 0.1) is 17.7 Å². The second-order valence-electron chi connectivity index (χ2n) is 8.31. The third kappa shape index (κ3) is 4.24. The van der Waals surface area contributed by atoms with Crippen LogP contribution in [0.25, 0.3) is 11.1 Å². The van der Waals surface area contributed by atoms with Crippen molar-refractivity contribution in [3.05, 3.63) is 89.0 Å². The second-order valence-corrected chi connectivity index (χ2v) is 8.31. The third-order valence-corrected chi connectivity index (χ3v) is 6.13. The summed E-state index contributed by atoms with van der Waals surface area (Å²) in [7, 11) is 0. The Morgan fingerprint density at radius 1 is 0.909 bits per heavy atom. The SMILES string of the molecule is O=C(CCCN1C(=O)c2ccccc2C1=O)NCc1ccc(-c2ccc3c(c2)CCO3)cc1. The molecule has 6 nitrogen and oxygen atoms in total. The van der Waals surface area contributed by atoms with E-state index in [1.54, 1.807) is 24.3 Å². The van der Waals surface area contributed by atoms with Gasteiger partial charge < -0.3 is 10.1 Å². The lowest BCUT2D eigenvalue weighted by molar-refractivity contribution is -0.121. The Morgan fingerprint density at radius 3 is 2.33 bits per heavy atom. The largest absolute Gasteiger partial charge is 0.493 e. The Kier molecular flexibility index (Phi) is 5.65. The summed E-state index contributed by atoms with van der Waals surface area (Å²) in [5.41, 5.74) is 5.40. The van der Waals surface area contributed by atoms with Crippen molar-refractivity contribution in [1.82, 2.24) is 10.2 Å². The summed E-state index contributed by atoms with van der Waals surface area (Å²) in [6, 6.07) is 21.2. The molecule has 0 aliphatic carbocycles. The maximum atomic E-state index is 12.4. The summed E-state index contributed by atoms with van der Waals surface area (Å²) in [6.07, 6.45) is 1.63. The molecule has 2 heterocycles. The van der Waals surface area contributed by atoms with Gasteiger partial charge in [0, 0.05) is 25.9 Å². The van der Waals surface area contributed by atoms with E-state index < -0.39 is 0 Å². The summed E-state index contributed by atoms with van der Waals surface area (Å²) in [5, 5.41) is 2.91. The van der Waals surface area contributed by atoms with Crippen molar-refractivity contribution < 1.29 is 19.1 Å². The van der Waals surface area contributed by atoms with E-state index in [0.717, 1.165) is 35.5 Å². The van der Waals surface area contributed by atoms with Gasteiger partial charge in [-0.1, -0.05) is 42.5 Å². The van der Waals surface area contributed by atoms with Crippen LogP contribution in [0.4, 0.5) is 0 Å². The average Bonchev–Trinajstić information content (AvgIpc) is 3.41. The van der Waals surface area contributed by atoms with E-state index in [1.807, 2.05) is 18.2 Å². The first kappa shape index (κ1) is 20.9. The first-order chi connectivity index (χ1) is 16.1. The van der Waals surface area contributed by atoms with E-state index in [1.165, 1.54) is 10.5 Å². The van der Waals surface area contributed by atoms with Gasteiger partial charge in [0.15, 0.2) is 0 Å². The third-order valence-electron chi connectivity index (χ3n) is 6.13. The monoisotopic (exact) mass is 440 g/mol. The molecule has 0 saturated heterocycles. The number of hydrogen-bond acceptors (Lipinski definition) is 4. The molecule has 0 radical (unpaired) electrons. The molecule has 6 heteroatoms. The van der Waals surface area contributed by atoms with Crippen LogP contribution in [0.5, 0.6) is 5.75 Å². The Hall–Kier alpha value is -3.93. The van der Waals surface area contributed by atoms with Crippen molar-refractivity contribution in [2.45, 2.75) is 25.8 Å². The molecule has 2 aliphatic rings. The predicted octanol–water partition coefficient (Wildman–Crippen LogP) is 3.98. The molecule has 0 fully saturated rings. The molecule has 3 amide bonds. The standard InChI is InChI=1S/C27H24N2O4/c30-25(6-3-14-29-26(31)22-4-1-2-5-23(22)27(29)32)28-17-18-7-9-19(10-8-18)20-11-12-24-21(16-20)13-15-33-24/h1-2,4-5,7-12,16H,3,6,13-15,17H2,(H,28,30). The normalized spacial score (nSPS) is 14.1. The van der Waals surface area contributed by atoms with Crippen molar-refractivity contribution in [1.29, 1.82) is 0 Å². The van der Waals surface area contributed by atoms with E-state index in [0.29, 0.717) is 24.1 Å². The zero-order valence-electron chi connectivity index (χ0n) is 18.2. The molecule has 166 valence electrons. The van der Waals surface area contributed by atoms with Gasteiger partial charge in [-0.3, -0.25) is 19.3 Å². The molecule has 2 aliphatic heterocycles. The highest BCUT2D eigenvalue weighted by Crippen LogP contribution is 2.30. The van der Waals surface area contributed by atoms with Gasteiger partial charge in [0.2, 0.25) is 5.91 Å². The van der Waals surface area contributed by atoms with Gasteiger partial charge >= 0.3 is 0 Å². The minimum atomic E-state index is -0.285. The van der Waals surface area contributed by atoms with Crippen LogP contribution in [0.15, 0.2) is 66.7 Å². The Bertz CT molecular complexity index is 1200. The number of carbonyl (C=O) groups excluding carboxylic acids is 3. The Morgan fingerprint density at radius 2 is 1.61 bits per heavy atom. The number of rotatable bonds is 7. The summed E-state index contributed by atoms with van der Waals surface area (Å²) in [6.45, 7) is 1.42. The Balaban J connectivity index is 1.09. The smallest absolute Gasteiger partial charge is 0.261 e. The van der Waals surface area contributed by atoms with E-state index in [9.17, 15) is 14.4 Å². The molecule has 0 bridgehead atoms. The molecule has 1 N–H and O–H groups in total. The second kappa shape index (κ2) is 8.90. The van der Waals surface area contributed by atoms with Gasteiger partial charge in [-0.2, -0.15) is 0 Å². The van der Waals surface area contributed by atoms with E-state index >= 15 is 0 Å². The zero-order chi connectivity index (χ0) is 22.8. The Labute approximate surface area is 192 Å². The van der Waals surface area contributed by atoms with Gasteiger partial charge in [0.25, 0.3) is 11.8 Å². The molecule has 0 spiro atoms. The van der Waals surface area contributed by atoms with Crippen molar-refractivity contribution in [2.24, 2.45) is 0 Å². The van der Waals surface area contributed by atoms with Crippen LogP contribution in [0.3, 0.4) is 0 Å². The number of imide groups is 1. The number of amides is 3. The molecule has 3 aromatic rings. The predicted molar refractivity (Wildman–Crippen MR) is 124 cm³/mol. The zero-order valence-corrected chi connectivity index (χ0v) is 18.2. The van der Waals surface area contributed by atoms with E-state index in [4.69, 9.17) is 4.74 Å². The van der Waals surface area contributed by atoms with Crippen molar-refractivity contribution >= 4 is 17.7 Å². The number of nitrogens with one attached hydrogen (secondary N) is 1. The van der Waals surface area contributed by atoms with Crippen LogP contribution in [0.1, 0.15) is 44.7 Å². The topological polar surface area (TPSA) is 75.7 Å². The molecule has 0 saturated carbocycles. The fraction of sp³-hybridized carbons (Fsp3) is 0.222. The number of benzene rings is 3. The lowest BCUT2D eigenvalue weighted by Gasteiger charge is -2.13. The maximum Gasteiger partial charge on any atom is 0.261 e. The van der Waals surface area contributed by atoms with Crippen LogP contribution in [-0.4, -0.2) is 35.8 Å². The lowest BCUT2D eigenvalue weighted by Crippen LogP contribution is -2.32. The minimum Gasteiger partial charge on any atom is -0.493 e. The molecule has 5 rings (SSSR count). The summed E-state index contributed by atoms with van der Waals surface area (Å²) in [4.78, 5) is 38.2. The molecular formula is C27H24N2O4. The quantitative estimate of drug-likeness (QED) is 0.564. The van der Waals surface area contributed by atoms with Crippen molar-refractivity contribution in [3.63, 3.8) is 0 Å². The van der Waals surface area contributed by atoms with E-state index in [-0.39, 0.29) is 30.7 Å². The highest BCUT2D eigenvalue weighted by Gasteiger charge is 2.34. The van der Waals surface area contributed by atoms with Gasteiger partial charge in [-0.05, 0) is 52.9 Å². The number of fused-ring (bicyclic) bond motifs is 2. The number of carbonyl (C=O) groups is 3. The van der Waals surface area contributed by atoms with Gasteiger partial charge in [-0.15, -0.1) is 0 Å². The highest BCUT2D eigenvalue weighted by molar-refractivity contribution is 6.21. The van der Waals surface area contributed by atoms with Crippen molar-refractivity contribution in [2.75, 3.05) is 13.2 Å². The molecule has 3 aromatic carbocycles. The first-order valence-electron chi connectivity index (χ1n) is 11.2. The fourth-order valence-electron chi connectivity index (χ4n) is 4.31. The molecule has 33 heavy (non-hydrogen) atoms. The lowest BCUT2D eigenvalue weighted by atomic mass is 10.0. The van der Waals surface area contributed by atoms with Crippen LogP contribution in [0.2, 0.25) is 0 Å². The van der Waals surface area contributed by atoms with Crippen molar-refractivity contribution in [3.8, 4) is 16.9 Å². The summed E-state index contributed by atoms with van der Waals surface area (Å²) < 4.78 is 5.57. The summed E-state index contributed by atoms with van der Waals surface area (Å²) in [5.74, 6) is 0.300. The van der Waals surface area contributed by atoms with Crippen LogP contribution in [-0.2, 0) is 17.8 Å². The van der Waals surface area contributed by atoms with Crippen LogP contribution in [0, 0.1) is 0 Å². The van der Waals surface area contributed by atoms with E-state index in [2.05, 4.69) is 29.6 Å². The molecular weight excluding hydrogens is 416 g/mol.